The van der Waals surface area contributed by atoms with Crippen molar-refractivity contribution in [1.82, 2.24) is 5.32 Å². The van der Waals surface area contributed by atoms with Crippen molar-refractivity contribution >= 4 is 27.7 Å². The van der Waals surface area contributed by atoms with Crippen molar-refractivity contribution in [3.05, 3.63) is 28.2 Å². The summed E-state index contributed by atoms with van der Waals surface area (Å²) in [6.07, 6.45) is 2.11. The van der Waals surface area contributed by atoms with E-state index in [0.717, 1.165) is 16.0 Å². The third-order valence-electron chi connectivity index (χ3n) is 2.25. The number of nitrogens with one attached hydrogen (secondary N) is 1. The van der Waals surface area contributed by atoms with E-state index in [9.17, 15) is 0 Å². The van der Waals surface area contributed by atoms with Gasteiger partial charge in [-0.3, -0.25) is 0 Å². The van der Waals surface area contributed by atoms with E-state index in [1.54, 1.807) is 7.11 Å². The quantitative estimate of drug-likeness (QED) is 0.900. The highest BCUT2D eigenvalue weighted by Gasteiger charge is 2.13. The van der Waals surface area contributed by atoms with Gasteiger partial charge in [-0.2, -0.15) is 11.8 Å². The Morgan fingerprint density at radius 1 is 1.53 bits per heavy atom. The van der Waals surface area contributed by atoms with Gasteiger partial charge in [-0.1, -0.05) is 15.9 Å². The maximum Gasteiger partial charge on any atom is 0.123 e. The molecule has 1 N–H and O–H groups in total. The second kappa shape index (κ2) is 6.40. The molecule has 0 heterocycles. The van der Waals surface area contributed by atoms with Crippen LogP contribution < -0.4 is 10.1 Å². The molecule has 0 aliphatic rings. The molecular formula is C11H16BrNOS. The molecule has 0 amide bonds. The molecule has 0 bridgehead atoms. The fourth-order valence-electron chi connectivity index (χ4n) is 1.47. The van der Waals surface area contributed by atoms with Gasteiger partial charge in [0.25, 0.3) is 0 Å². The largest absolute Gasteiger partial charge is 0.496 e. The number of thioether (sulfide) groups is 1. The van der Waals surface area contributed by atoms with Gasteiger partial charge in [-0.25, -0.2) is 0 Å². The highest BCUT2D eigenvalue weighted by Crippen LogP contribution is 2.29. The van der Waals surface area contributed by atoms with Crippen LogP contribution in [0.15, 0.2) is 22.7 Å². The fourth-order valence-corrected chi connectivity index (χ4v) is 2.53. The Morgan fingerprint density at radius 3 is 2.80 bits per heavy atom. The van der Waals surface area contributed by atoms with Gasteiger partial charge in [0.15, 0.2) is 0 Å². The number of hydrogen-bond acceptors (Lipinski definition) is 3. The number of rotatable bonds is 5. The van der Waals surface area contributed by atoms with Gasteiger partial charge in [0.1, 0.15) is 5.75 Å². The van der Waals surface area contributed by atoms with Crippen molar-refractivity contribution in [2.75, 3.05) is 26.2 Å². The van der Waals surface area contributed by atoms with Crippen LogP contribution in [0.4, 0.5) is 0 Å². The lowest BCUT2D eigenvalue weighted by Gasteiger charge is -2.18. The average molecular weight is 290 g/mol. The van der Waals surface area contributed by atoms with E-state index in [-0.39, 0.29) is 0 Å². The van der Waals surface area contributed by atoms with Crippen LogP contribution in [0.5, 0.6) is 5.75 Å². The summed E-state index contributed by atoms with van der Waals surface area (Å²) < 4.78 is 6.44. The summed E-state index contributed by atoms with van der Waals surface area (Å²) in [5.41, 5.74) is 1.20. The van der Waals surface area contributed by atoms with Gasteiger partial charge in [-0.05, 0) is 31.5 Å². The minimum absolute atomic E-state index is 0.326. The molecule has 2 nitrogen and oxygen atoms in total. The molecule has 0 aromatic heterocycles. The predicted octanol–water partition coefficient (Wildman–Crippen LogP) is 3.08. The van der Waals surface area contributed by atoms with E-state index in [1.165, 1.54) is 5.56 Å². The molecule has 1 aromatic rings. The van der Waals surface area contributed by atoms with Gasteiger partial charge in [0, 0.05) is 21.8 Å². The Balaban J connectivity index is 3.02. The molecule has 0 fully saturated rings. The van der Waals surface area contributed by atoms with E-state index >= 15 is 0 Å². The van der Waals surface area contributed by atoms with E-state index in [0.29, 0.717) is 6.04 Å². The van der Waals surface area contributed by atoms with Crippen LogP contribution in [0.25, 0.3) is 0 Å². The first-order valence-corrected chi connectivity index (χ1v) is 6.91. The molecule has 0 radical (unpaired) electrons. The zero-order chi connectivity index (χ0) is 11.3. The average Bonchev–Trinajstić information content (AvgIpc) is 2.26. The molecular weight excluding hydrogens is 274 g/mol. The Bertz CT molecular complexity index is 319. The first-order chi connectivity index (χ1) is 7.22. The van der Waals surface area contributed by atoms with Crippen molar-refractivity contribution in [3.63, 3.8) is 0 Å². The molecule has 0 aliphatic heterocycles. The second-order valence-electron chi connectivity index (χ2n) is 3.18. The van der Waals surface area contributed by atoms with Crippen LogP contribution in [-0.2, 0) is 0 Å². The summed E-state index contributed by atoms with van der Waals surface area (Å²) in [6, 6.07) is 6.42. The van der Waals surface area contributed by atoms with Crippen molar-refractivity contribution in [1.29, 1.82) is 0 Å². The highest BCUT2D eigenvalue weighted by molar-refractivity contribution is 9.10. The lowest BCUT2D eigenvalue weighted by molar-refractivity contribution is 0.404. The molecule has 1 atom stereocenters. The van der Waals surface area contributed by atoms with Crippen molar-refractivity contribution < 1.29 is 4.74 Å². The molecule has 1 rings (SSSR count). The molecule has 0 saturated heterocycles. The normalized spacial score (nSPS) is 12.5. The van der Waals surface area contributed by atoms with Gasteiger partial charge in [0.05, 0.1) is 7.11 Å². The monoisotopic (exact) mass is 289 g/mol. The minimum Gasteiger partial charge on any atom is -0.496 e. The van der Waals surface area contributed by atoms with Gasteiger partial charge < -0.3 is 10.1 Å². The summed E-state index contributed by atoms with van der Waals surface area (Å²) in [4.78, 5) is 0. The molecule has 1 aromatic carbocycles. The molecule has 0 spiro atoms. The number of benzene rings is 1. The van der Waals surface area contributed by atoms with Crippen LogP contribution in [-0.4, -0.2) is 26.2 Å². The summed E-state index contributed by atoms with van der Waals surface area (Å²) in [6.45, 7) is 0. The van der Waals surface area contributed by atoms with Crippen LogP contribution in [0, 0.1) is 0 Å². The SMILES string of the molecule is CNC(CSC)c1cc(Br)ccc1OC. The third-order valence-corrected chi connectivity index (χ3v) is 3.41. The lowest BCUT2D eigenvalue weighted by Crippen LogP contribution is -2.19. The summed E-state index contributed by atoms with van der Waals surface area (Å²) in [7, 11) is 3.68. The van der Waals surface area contributed by atoms with Gasteiger partial charge in [0.2, 0.25) is 0 Å². The number of hydrogen-bond donors (Lipinski definition) is 1. The molecule has 4 heteroatoms. The lowest BCUT2D eigenvalue weighted by atomic mass is 10.1. The number of halogens is 1. The maximum atomic E-state index is 5.36. The summed E-state index contributed by atoms with van der Waals surface area (Å²) in [5, 5.41) is 3.30. The first-order valence-electron chi connectivity index (χ1n) is 4.72. The van der Waals surface area contributed by atoms with Gasteiger partial charge in [-0.15, -0.1) is 0 Å². The van der Waals surface area contributed by atoms with Crippen molar-refractivity contribution in [3.8, 4) is 5.75 Å². The highest BCUT2D eigenvalue weighted by atomic mass is 79.9. The molecule has 1 unspecified atom stereocenters. The van der Waals surface area contributed by atoms with Crippen molar-refractivity contribution in [2.45, 2.75) is 6.04 Å². The van der Waals surface area contributed by atoms with E-state index < -0.39 is 0 Å². The second-order valence-corrected chi connectivity index (χ2v) is 5.01. The van der Waals surface area contributed by atoms with Crippen LogP contribution in [0.3, 0.4) is 0 Å². The Morgan fingerprint density at radius 2 is 2.27 bits per heavy atom. The fraction of sp³-hybridized carbons (Fsp3) is 0.455. The van der Waals surface area contributed by atoms with Crippen LogP contribution in [0.1, 0.15) is 11.6 Å². The van der Waals surface area contributed by atoms with Crippen LogP contribution >= 0.6 is 27.7 Å². The molecule has 15 heavy (non-hydrogen) atoms. The predicted molar refractivity (Wildman–Crippen MR) is 70.9 cm³/mol. The zero-order valence-corrected chi connectivity index (χ0v) is 11.6. The minimum atomic E-state index is 0.326. The van der Waals surface area contributed by atoms with Crippen molar-refractivity contribution in [2.24, 2.45) is 0 Å². The Hall–Kier alpha value is -0.190. The molecule has 0 saturated carbocycles. The van der Waals surface area contributed by atoms with E-state index in [4.69, 9.17) is 4.74 Å². The standard InChI is InChI=1S/C11H16BrNOS/c1-13-10(7-15-3)9-6-8(12)4-5-11(9)14-2/h4-6,10,13H,7H2,1-3H3. The third kappa shape index (κ3) is 3.40. The molecule has 84 valence electrons. The van der Waals surface area contributed by atoms with Crippen LogP contribution in [0.2, 0.25) is 0 Å². The Labute approximate surface area is 104 Å². The molecule has 0 aliphatic carbocycles. The topological polar surface area (TPSA) is 21.3 Å². The van der Waals surface area contributed by atoms with E-state index in [1.807, 2.05) is 30.9 Å². The Kier molecular flexibility index (Phi) is 5.50. The number of methoxy groups -OCH3 is 1. The number of ether oxygens (including phenoxy) is 1. The van der Waals surface area contributed by atoms with Gasteiger partial charge >= 0.3 is 0 Å². The maximum absolute atomic E-state index is 5.36. The summed E-state index contributed by atoms with van der Waals surface area (Å²) in [5.74, 6) is 1.97. The first kappa shape index (κ1) is 12.9. The smallest absolute Gasteiger partial charge is 0.123 e. The zero-order valence-electron chi connectivity index (χ0n) is 9.21. The van der Waals surface area contributed by atoms with E-state index in [2.05, 4.69) is 33.6 Å². The summed E-state index contributed by atoms with van der Waals surface area (Å²) >= 11 is 5.30.